The molecule has 2 N–H and O–H groups in total. The van der Waals surface area contributed by atoms with Gasteiger partial charge in [-0.3, -0.25) is 0 Å². The van der Waals surface area contributed by atoms with E-state index in [0.717, 1.165) is 36.6 Å². The van der Waals surface area contributed by atoms with E-state index < -0.39 is 0 Å². The van der Waals surface area contributed by atoms with Gasteiger partial charge in [0.2, 0.25) is 0 Å². The number of aromatic nitrogens is 2. The fourth-order valence-electron chi connectivity index (χ4n) is 5.06. The number of ether oxygens (including phenoxy) is 1. The number of rotatable bonds is 4. The van der Waals surface area contributed by atoms with E-state index in [-0.39, 0.29) is 5.60 Å². The van der Waals surface area contributed by atoms with Gasteiger partial charge in [0.25, 0.3) is 0 Å². The first kappa shape index (κ1) is 12.6. The van der Waals surface area contributed by atoms with Crippen LogP contribution in [-0.2, 0) is 11.2 Å². The number of nitrogens with two attached hydrogens (primary N) is 1. The monoisotopic (exact) mass is 273 g/mol. The van der Waals surface area contributed by atoms with E-state index in [4.69, 9.17) is 10.5 Å². The summed E-state index contributed by atoms with van der Waals surface area (Å²) in [6.07, 6.45) is 12.4. The summed E-state index contributed by atoms with van der Waals surface area (Å²) < 4.78 is 6.37. The minimum absolute atomic E-state index is 0.197. The molecule has 1 aromatic rings. The number of nitrogen functional groups attached to an aromatic ring is 1. The molecule has 4 aliphatic rings. The Balaban J connectivity index is 1.36. The average molecular weight is 273 g/mol. The Morgan fingerprint density at radius 2 is 1.60 bits per heavy atom. The molecule has 4 bridgehead atoms. The molecule has 4 saturated carbocycles. The van der Waals surface area contributed by atoms with E-state index >= 15 is 0 Å². The molecule has 4 heteroatoms. The van der Waals surface area contributed by atoms with Crippen LogP contribution in [0.3, 0.4) is 0 Å². The summed E-state index contributed by atoms with van der Waals surface area (Å²) in [5, 5.41) is 0. The van der Waals surface area contributed by atoms with Crippen LogP contribution >= 0.6 is 0 Å². The number of hydrogen-bond donors (Lipinski definition) is 1. The Kier molecular flexibility index (Phi) is 2.95. The molecular weight excluding hydrogens is 250 g/mol. The first-order chi connectivity index (χ1) is 9.71. The zero-order valence-corrected chi connectivity index (χ0v) is 11.9. The molecule has 0 spiro atoms. The van der Waals surface area contributed by atoms with Crippen molar-refractivity contribution >= 4 is 5.69 Å². The summed E-state index contributed by atoms with van der Waals surface area (Å²) in [7, 11) is 0. The van der Waals surface area contributed by atoms with Crippen LogP contribution in [0.2, 0.25) is 0 Å². The Morgan fingerprint density at radius 3 is 2.15 bits per heavy atom. The summed E-state index contributed by atoms with van der Waals surface area (Å²) in [6.45, 7) is 0.746. The topological polar surface area (TPSA) is 61.0 Å². The second-order valence-corrected chi connectivity index (χ2v) is 7.13. The number of hydrogen-bond acceptors (Lipinski definition) is 4. The molecule has 0 aliphatic heterocycles. The molecule has 4 fully saturated rings. The summed E-state index contributed by atoms with van der Waals surface area (Å²) >= 11 is 0. The van der Waals surface area contributed by atoms with Crippen LogP contribution in [0, 0.1) is 17.8 Å². The van der Waals surface area contributed by atoms with Crippen molar-refractivity contribution in [2.45, 2.75) is 50.5 Å². The first-order valence-corrected chi connectivity index (χ1v) is 7.91. The molecule has 1 aromatic heterocycles. The van der Waals surface area contributed by atoms with Crippen molar-refractivity contribution in [1.82, 2.24) is 9.97 Å². The Labute approximate surface area is 120 Å². The molecule has 4 nitrogen and oxygen atoms in total. The highest BCUT2D eigenvalue weighted by Crippen LogP contribution is 2.57. The van der Waals surface area contributed by atoms with E-state index in [0.29, 0.717) is 5.69 Å². The van der Waals surface area contributed by atoms with Gasteiger partial charge in [0.05, 0.1) is 30.3 Å². The quantitative estimate of drug-likeness (QED) is 0.916. The van der Waals surface area contributed by atoms with Gasteiger partial charge in [0, 0.05) is 6.42 Å². The van der Waals surface area contributed by atoms with Crippen LogP contribution in [0.5, 0.6) is 0 Å². The minimum Gasteiger partial charge on any atom is -0.396 e. The van der Waals surface area contributed by atoms with E-state index in [2.05, 4.69) is 9.97 Å². The zero-order chi connectivity index (χ0) is 13.6. The summed E-state index contributed by atoms with van der Waals surface area (Å²) in [5.74, 6) is 3.65. The summed E-state index contributed by atoms with van der Waals surface area (Å²) in [6, 6.07) is 0. The van der Waals surface area contributed by atoms with Gasteiger partial charge >= 0.3 is 0 Å². The van der Waals surface area contributed by atoms with Gasteiger partial charge in [0.15, 0.2) is 0 Å². The minimum atomic E-state index is 0.197. The van der Waals surface area contributed by atoms with Gasteiger partial charge in [-0.2, -0.15) is 0 Å². The van der Waals surface area contributed by atoms with E-state index in [1.165, 1.54) is 38.5 Å². The molecule has 0 radical (unpaired) electrons. The van der Waals surface area contributed by atoms with Crippen molar-refractivity contribution in [1.29, 1.82) is 0 Å². The first-order valence-electron chi connectivity index (χ1n) is 7.91. The molecule has 1 heterocycles. The fraction of sp³-hybridized carbons (Fsp3) is 0.750. The lowest BCUT2D eigenvalue weighted by atomic mass is 9.54. The lowest BCUT2D eigenvalue weighted by molar-refractivity contribution is -0.161. The maximum absolute atomic E-state index is 6.37. The Morgan fingerprint density at radius 1 is 1.05 bits per heavy atom. The van der Waals surface area contributed by atoms with Gasteiger partial charge in [0.1, 0.15) is 5.82 Å². The standard InChI is InChI=1S/C16H23N3O/c17-14-9-18-15(19-10-14)1-2-20-16-6-11-3-12(7-16)5-13(4-11)8-16/h9-13H,1-8,17H2. The third kappa shape index (κ3) is 2.30. The van der Waals surface area contributed by atoms with E-state index in [1.807, 2.05) is 0 Å². The molecule has 4 aliphatic carbocycles. The van der Waals surface area contributed by atoms with E-state index in [1.54, 1.807) is 12.4 Å². The molecule has 0 saturated heterocycles. The highest BCUT2D eigenvalue weighted by Gasteiger charge is 2.51. The van der Waals surface area contributed by atoms with Gasteiger partial charge in [-0.05, 0) is 56.3 Å². The van der Waals surface area contributed by atoms with E-state index in [9.17, 15) is 0 Å². The van der Waals surface area contributed by atoms with Crippen molar-refractivity contribution in [3.05, 3.63) is 18.2 Å². The van der Waals surface area contributed by atoms with Crippen molar-refractivity contribution < 1.29 is 4.74 Å². The third-order valence-electron chi connectivity index (χ3n) is 5.44. The SMILES string of the molecule is Nc1cnc(CCOC23CC4CC(CC(C4)C2)C3)nc1. The maximum atomic E-state index is 6.37. The second kappa shape index (κ2) is 4.69. The van der Waals surface area contributed by atoms with Crippen molar-refractivity contribution in [2.75, 3.05) is 12.3 Å². The lowest BCUT2D eigenvalue weighted by Crippen LogP contribution is -2.52. The van der Waals surface area contributed by atoms with Gasteiger partial charge in [-0.25, -0.2) is 9.97 Å². The normalized spacial score (nSPS) is 38.3. The van der Waals surface area contributed by atoms with Crippen LogP contribution in [0.1, 0.15) is 44.3 Å². The average Bonchev–Trinajstić information content (AvgIpc) is 2.39. The summed E-state index contributed by atoms with van der Waals surface area (Å²) in [5.41, 5.74) is 6.42. The van der Waals surface area contributed by atoms with Crippen LogP contribution in [0.4, 0.5) is 5.69 Å². The van der Waals surface area contributed by atoms with Crippen molar-refractivity contribution in [2.24, 2.45) is 17.8 Å². The highest BCUT2D eigenvalue weighted by atomic mass is 16.5. The number of nitrogens with zero attached hydrogens (tertiary/aromatic N) is 2. The molecule has 0 aromatic carbocycles. The fourth-order valence-corrected chi connectivity index (χ4v) is 5.06. The van der Waals surface area contributed by atoms with Crippen LogP contribution in [0.15, 0.2) is 12.4 Å². The largest absolute Gasteiger partial charge is 0.396 e. The van der Waals surface area contributed by atoms with Crippen LogP contribution in [-0.4, -0.2) is 22.2 Å². The molecule has 0 unspecified atom stereocenters. The Hall–Kier alpha value is -1.16. The third-order valence-corrected chi connectivity index (χ3v) is 5.44. The molecule has 20 heavy (non-hydrogen) atoms. The summed E-state index contributed by atoms with van der Waals surface area (Å²) in [4.78, 5) is 8.49. The molecular formula is C16H23N3O. The lowest BCUT2D eigenvalue weighted by Gasteiger charge is -2.56. The smallest absolute Gasteiger partial charge is 0.130 e. The van der Waals surface area contributed by atoms with Crippen LogP contribution < -0.4 is 5.73 Å². The van der Waals surface area contributed by atoms with Gasteiger partial charge in [-0.15, -0.1) is 0 Å². The maximum Gasteiger partial charge on any atom is 0.130 e. The zero-order valence-electron chi connectivity index (χ0n) is 11.9. The second-order valence-electron chi connectivity index (χ2n) is 7.13. The molecule has 5 rings (SSSR count). The predicted octanol–water partition coefficient (Wildman–Crippen LogP) is 2.59. The van der Waals surface area contributed by atoms with Crippen molar-refractivity contribution in [3.8, 4) is 0 Å². The molecule has 0 atom stereocenters. The highest BCUT2D eigenvalue weighted by molar-refractivity contribution is 5.30. The van der Waals surface area contributed by atoms with Gasteiger partial charge in [-0.1, -0.05) is 0 Å². The Bertz CT molecular complexity index is 450. The number of anilines is 1. The van der Waals surface area contributed by atoms with Crippen molar-refractivity contribution in [3.63, 3.8) is 0 Å². The van der Waals surface area contributed by atoms with Gasteiger partial charge < -0.3 is 10.5 Å². The van der Waals surface area contributed by atoms with Crippen LogP contribution in [0.25, 0.3) is 0 Å². The predicted molar refractivity (Wildman–Crippen MR) is 77.0 cm³/mol. The molecule has 108 valence electrons. The molecule has 0 amide bonds.